The van der Waals surface area contributed by atoms with Crippen molar-refractivity contribution in [2.24, 2.45) is 5.73 Å². The van der Waals surface area contributed by atoms with Crippen molar-refractivity contribution in [1.82, 2.24) is 0 Å². The van der Waals surface area contributed by atoms with Gasteiger partial charge in [0.05, 0.1) is 6.42 Å². The summed E-state index contributed by atoms with van der Waals surface area (Å²) in [7, 11) is 0. The van der Waals surface area contributed by atoms with Crippen LogP contribution in [-0.2, 0) is 20.7 Å². The van der Waals surface area contributed by atoms with Gasteiger partial charge in [-0.1, -0.05) is 97.1 Å². The Morgan fingerprint density at radius 2 is 1.26 bits per heavy atom. The second-order valence-electron chi connectivity index (χ2n) is 8.65. The van der Waals surface area contributed by atoms with E-state index in [-0.39, 0.29) is 18.9 Å². The Hall–Kier alpha value is -4.22. The van der Waals surface area contributed by atoms with Crippen molar-refractivity contribution >= 4 is 11.9 Å². The molecule has 0 heterocycles. The molecule has 1 atom stereocenters. The number of benzene rings is 4. The average Bonchev–Trinajstić information content (AvgIpc) is 3.20. The molecule has 0 aliphatic heterocycles. The number of hydrogen-bond acceptors (Lipinski definition) is 4. The van der Waals surface area contributed by atoms with Crippen LogP contribution >= 0.6 is 0 Å². The quantitative estimate of drug-likeness (QED) is 0.361. The maximum absolute atomic E-state index is 13.1. The van der Waals surface area contributed by atoms with Crippen LogP contribution in [0.4, 0.5) is 0 Å². The largest absolute Gasteiger partial charge is 0.481 e. The molecule has 5 nitrogen and oxygen atoms in total. The number of aliphatic carboxylic acids is 1. The molecule has 5 heteroatoms. The number of esters is 1. The molecule has 0 fully saturated rings. The van der Waals surface area contributed by atoms with Gasteiger partial charge in [-0.15, -0.1) is 0 Å². The molecule has 4 aromatic carbocycles. The molecule has 174 valence electrons. The summed E-state index contributed by atoms with van der Waals surface area (Å²) < 4.78 is 5.78. The molecule has 0 radical (unpaired) electrons. The van der Waals surface area contributed by atoms with Crippen molar-refractivity contribution in [3.8, 4) is 22.3 Å². The van der Waals surface area contributed by atoms with Crippen molar-refractivity contribution < 1.29 is 19.4 Å². The predicted octanol–water partition coefficient (Wildman–Crippen LogP) is 5.34. The van der Waals surface area contributed by atoms with E-state index < -0.39 is 18.0 Å². The minimum absolute atomic E-state index is 0.0508. The van der Waals surface area contributed by atoms with Crippen molar-refractivity contribution in [2.75, 3.05) is 6.61 Å². The lowest BCUT2D eigenvalue weighted by Crippen LogP contribution is -2.26. The van der Waals surface area contributed by atoms with Gasteiger partial charge in [-0.05, 0) is 44.5 Å². The second-order valence-corrected chi connectivity index (χ2v) is 8.65. The molecule has 0 spiro atoms. The number of carbonyl (C=O) groups excluding carboxylic acids is 1. The van der Waals surface area contributed by atoms with E-state index in [2.05, 4.69) is 24.3 Å². The van der Waals surface area contributed by atoms with Crippen LogP contribution < -0.4 is 5.73 Å². The number of carbonyl (C=O) groups is 2. The Bertz CT molecular complexity index is 1370. The Kier molecular flexibility index (Phi) is 6.17. The van der Waals surface area contributed by atoms with Gasteiger partial charge in [-0.2, -0.15) is 0 Å². The molecule has 0 amide bonds. The van der Waals surface area contributed by atoms with E-state index in [1.807, 2.05) is 54.6 Å². The van der Waals surface area contributed by atoms with Crippen LogP contribution in [0.3, 0.4) is 0 Å². The summed E-state index contributed by atoms with van der Waals surface area (Å²) in [5.41, 5.74) is 13.7. The highest BCUT2D eigenvalue weighted by Gasteiger charge is 2.30. The molecular weight excluding hydrogens is 438 g/mol. The number of ether oxygens (including phenoxy) is 1. The third-order valence-electron chi connectivity index (χ3n) is 6.55. The molecule has 0 aromatic heterocycles. The highest BCUT2D eigenvalue weighted by atomic mass is 16.5. The first-order chi connectivity index (χ1) is 17.0. The van der Waals surface area contributed by atoms with E-state index in [0.717, 1.165) is 33.4 Å². The monoisotopic (exact) mass is 463 g/mol. The third-order valence-corrected chi connectivity index (χ3v) is 6.55. The molecule has 4 aromatic rings. The van der Waals surface area contributed by atoms with E-state index in [0.29, 0.717) is 11.1 Å². The van der Waals surface area contributed by atoms with Gasteiger partial charge in [-0.25, -0.2) is 4.79 Å². The fourth-order valence-electron chi connectivity index (χ4n) is 4.94. The summed E-state index contributed by atoms with van der Waals surface area (Å²) in [5.74, 6) is -1.49. The number of carboxylic acid groups (broad SMARTS) is 1. The summed E-state index contributed by atoms with van der Waals surface area (Å²) in [6, 6.07) is 29.9. The average molecular weight is 464 g/mol. The Balaban J connectivity index is 1.39. The van der Waals surface area contributed by atoms with Crippen LogP contribution in [0.2, 0.25) is 0 Å². The lowest BCUT2D eigenvalue weighted by Gasteiger charge is -2.19. The first kappa shape index (κ1) is 22.6. The van der Waals surface area contributed by atoms with Crippen LogP contribution in [0, 0.1) is 0 Å². The molecular formula is C30H25NO4. The first-order valence-corrected chi connectivity index (χ1v) is 11.5. The summed E-state index contributed by atoms with van der Waals surface area (Å²) in [5, 5.41) is 9.32. The normalized spacial score (nSPS) is 13.1. The Labute approximate surface area is 203 Å². The summed E-state index contributed by atoms with van der Waals surface area (Å²) in [6.45, 7) is 0.193. The Morgan fingerprint density at radius 3 is 1.89 bits per heavy atom. The van der Waals surface area contributed by atoms with Gasteiger partial charge >= 0.3 is 11.9 Å². The Morgan fingerprint density at radius 1 is 0.743 bits per heavy atom. The van der Waals surface area contributed by atoms with Crippen molar-refractivity contribution in [1.29, 1.82) is 0 Å². The van der Waals surface area contributed by atoms with E-state index in [4.69, 9.17) is 10.5 Å². The lowest BCUT2D eigenvalue weighted by atomic mass is 9.91. The molecule has 1 unspecified atom stereocenters. The van der Waals surface area contributed by atoms with Gasteiger partial charge in [-0.3, -0.25) is 4.79 Å². The van der Waals surface area contributed by atoms with Crippen LogP contribution in [0.15, 0.2) is 97.1 Å². The maximum Gasteiger partial charge on any atom is 0.327 e. The number of carboxylic acids is 1. The standard InChI is InChI=1S/C30H25NO4/c31-29(26-16-8-7-11-21(26)20-10-2-1-9-19(20)17-28(32)33)30(34)35-18-27-24-14-5-3-12-22(24)23-13-4-6-15-25(23)27/h1-16,27,29H,17-18,31H2,(H,32,33). The topological polar surface area (TPSA) is 89.6 Å². The summed E-state index contributed by atoms with van der Waals surface area (Å²) >= 11 is 0. The smallest absolute Gasteiger partial charge is 0.327 e. The van der Waals surface area contributed by atoms with Gasteiger partial charge in [0.1, 0.15) is 12.6 Å². The van der Waals surface area contributed by atoms with Gasteiger partial charge in [0.15, 0.2) is 0 Å². The molecule has 1 aliphatic rings. The van der Waals surface area contributed by atoms with E-state index in [9.17, 15) is 14.7 Å². The predicted molar refractivity (Wildman–Crippen MR) is 135 cm³/mol. The summed E-state index contributed by atoms with van der Waals surface area (Å²) in [6.07, 6.45) is -0.120. The molecule has 0 bridgehead atoms. The first-order valence-electron chi connectivity index (χ1n) is 11.5. The zero-order valence-electron chi connectivity index (χ0n) is 19.1. The number of hydrogen-bond donors (Lipinski definition) is 2. The minimum Gasteiger partial charge on any atom is -0.481 e. The lowest BCUT2D eigenvalue weighted by molar-refractivity contribution is -0.145. The highest BCUT2D eigenvalue weighted by Crippen LogP contribution is 2.44. The van der Waals surface area contributed by atoms with Gasteiger partial charge in [0, 0.05) is 5.92 Å². The molecule has 0 saturated heterocycles. The SMILES string of the molecule is NC(C(=O)OCC1c2ccccc2-c2ccccc21)c1ccccc1-c1ccccc1CC(=O)O. The molecule has 35 heavy (non-hydrogen) atoms. The molecule has 0 saturated carbocycles. The van der Waals surface area contributed by atoms with E-state index >= 15 is 0 Å². The molecule has 1 aliphatic carbocycles. The van der Waals surface area contributed by atoms with Crippen molar-refractivity contribution in [3.63, 3.8) is 0 Å². The van der Waals surface area contributed by atoms with Crippen LogP contribution in [-0.4, -0.2) is 23.7 Å². The fourth-order valence-corrected chi connectivity index (χ4v) is 4.94. The molecule has 3 N–H and O–H groups in total. The van der Waals surface area contributed by atoms with E-state index in [1.54, 1.807) is 18.2 Å². The summed E-state index contributed by atoms with van der Waals surface area (Å²) in [4.78, 5) is 24.5. The van der Waals surface area contributed by atoms with Gasteiger partial charge in [0.25, 0.3) is 0 Å². The van der Waals surface area contributed by atoms with Crippen molar-refractivity contribution in [2.45, 2.75) is 18.4 Å². The minimum atomic E-state index is -1.00. The highest BCUT2D eigenvalue weighted by molar-refractivity contribution is 5.84. The van der Waals surface area contributed by atoms with Crippen LogP contribution in [0.1, 0.15) is 34.2 Å². The molecule has 5 rings (SSSR count). The van der Waals surface area contributed by atoms with Gasteiger partial charge < -0.3 is 15.6 Å². The zero-order chi connectivity index (χ0) is 24.4. The fraction of sp³-hybridized carbons (Fsp3) is 0.133. The zero-order valence-corrected chi connectivity index (χ0v) is 19.1. The van der Waals surface area contributed by atoms with Gasteiger partial charge in [0.2, 0.25) is 0 Å². The third kappa shape index (κ3) is 4.34. The van der Waals surface area contributed by atoms with Crippen molar-refractivity contribution in [3.05, 3.63) is 119 Å². The second kappa shape index (κ2) is 9.57. The maximum atomic E-state index is 13.1. The number of rotatable bonds is 7. The van der Waals surface area contributed by atoms with Crippen LogP contribution in [0.25, 0.3) is 22.3 Å². The number of nitrogens with two attached hydrogens (primary N) is 1. The van der Waals surface area contributed by atoms with E-state index in [1.165, 1.54) is 0 Å². The number of fused-ring (bicyclic) bond motifs is 3. The van der Waals surface area contributed by atoms with Crippen LogP contribution in [0.5, 0.6) is 0 Å².